The van der Waals surface area contributed by atoms with E-state index in [4.69, 9.17) is 17.0 Å². The van der Waals surface area contributed by atoms with E-state index in [0.29, 0.717) is 26.6 Å². The predicted octanol–water partition coefficient (Wildman–Crippen LogP) is 4.76. The second kappa shape index (κ2) is 7.08. The minimum Gasteiger partial charge on any atom is -0.497 e. The van der Waals surface area contributed by atoms with Gasteiger partial charge < -0.3 is 4.74 Å². The molecule has 0 unspecified atom stereocenters. The molecule has 4 aromatic rings. The van der Waals surface area contributed by atoms with E-state index < -0.39 is 0 Å². The third-order valence-electron chi connectivity index (χ3n) is 4.59. The normalized spacial score (nSPS) is 10.8. The number of benzene rings is 2. The Balaban J connectivity index is 2.20. The number of nitrogens with zero attached hydrogens (tertiary/aromatic N) is 3. The van der Waals surface area contributed by atoms with E-state index in [1.54, 1.807) is 42.9 Å². The maximum absolute atomic E-state index is 13.2. The molecule has 0 aliphatic heterocycles. The molecule has 2 heterocycles. The van der Waals surface area contributed by atoms with Gasteiger partial charge in [0.25, 0.3) is 5.56 Å². The number of thiazole rings is 1. The van der Waals surface area contributed by atoms with Gasteiger partial charge in [-0.15, -0.1) is 11.3 Å². The van der Waals surface area contributed by atoms with E-state index in [0.717, 1.165) is 10.4 Å². The minimum atomic E-state index is -0.366. The summed E-state index contributed by atoms with van der Waals surface area (Å²) in [6.45, 7) is 1.79. The molecule has 0 aliphatic rings. The Bertz CT molecular complexity index is 1340. The predicted molar refractivity (Wildman–Crippen MR) is 114 cm³/mol. The highest BCUT2D eigenvalue weighted by Crippen LogP contribution is 2.31. The molecular formula is C21H15N3O2S2. The lowest BCUT2D eigenvalue weighted by Crippen LogP contribution is -2.24. The van der Waals surface area contributed by atoms with E-state index in [1.165, 1.54) is 11.3 Å². The molecule has 0 bridgehead atoms. The van der Waals surface area contributed by atoms with Crippen molar-refractivity contribution in [1.29, 1.82) is 5.26 Å². The quantitative estimate of drug-likeness (QED) is 0.461. The number of rotatable bonds is 3. The van der Waals surface area contributed by atoms with Crippen LogP contribution < -0.4 is 10.3 Å². The van der Waals surface area contributed by atoms with Gasteiger partial charge in [-0.05, 0) is 61.1 Å². The Morgan fingerprint density at radius 1 is 1.04 bits per heavy atom. The highest BCUT2D eigenvalue weighted by Gasteiger charge is 2.21. The first kappa shape index (κ1) is 18.2. The van der Waals surface area contributed by atoms with Crippen LogP contribution in [0.25, 0.3) is 21.7 Å². The molecule has 0 fully saturated rings. The molecular weight excluding hydrogens is 390 g/mol. The largest absolute Gasteiger partial charge is 0.497 e. The second-order valence-corrected chi connectivity index (χ2v) is 7.79. The van der Waals surface area contributed by atoms with Gasteiger partial charge in [0.05, 0.1) is 17.5 Å². The van der Waals surface area contributed by atoms with Gasteiger partial charge in [0.1, 0.15) is 23.0 Å². The third-order valence-corrected chi connectivity index (χ3v) is 6.07. The molecule has 0 aliphatic carbocycles. The molecule has 0 spiro atoms. The van der Waals surface area contributed by atoms with Crippen molar-refractivity contribution in [2.45, 2.75) is 6.92 Å². The Kier molecular flexibility index (Phi) is 4.59. The van der Waals surface area contributed by atoms with Gasteiger partial charge >= 0.3 is 0 Å². The number of methoxy groups -OCH3 is 1. The van der Waals surface area contributed by atoms with Crippen LogP contribution >= 0.6 is 23.6 Å². The summed E-state index contributed by atoms with van der Waals surface area (Å²) in [5.74, 6) is 0.686. The highest BCUT2D eigenvalue weighted by molar-refractivity contribution is 7.73. The van der Waals surface area contributed by atoms with Crippen LogP contribution in [-0.2, 0) is 0 Å². The molecule has 138 valence electrons. The summed E-state index contributed by atoms with van der Waals surface area (Å²) in [5.41, 5.74) is 2.58. The van der Waals surface area contributed by atoms with Crippen LogP contribution in [0.15, 0.2) is 59.4 Å². The Morgan fingerprint density at radius 2 is 1.68 bits per heavy atom. The van der Waals surface area contributed by atoms with Gasteiger partial charge in [0, 0.05) is 5.69 Å². The molecule has 0 atom stereocenters. The van der Waals surface area contributed by atoms with E-state index in [1.807, 2.05) is 34.9 Å². The molecule has 2 aromatic heterocycles. The molecule has 5 nitrogen and oxygen atoms in total. The molecule has 0 N–H and O–H groups in total. The lowest BCUT2D eigenvalue weighted by atomic mass is 10.1. The van der Waals surface area contributed by atoms with Crippen LogP contribution in [0.2, 0.25) is 0 Å². The van der Waals surface area contributed by atoms with Crippen molar-refractivity contribution in [2.75, 3.05) is 7.11 Å². The standard InChI is InChI=1S/C21H15N3O2S2/c1-13-17(12-22)20(25)23(15-8-10-16(26-2)11-9-15)19-18(13)28-21(27)24(19)14-6-4-3-5-7-14/h3-11H,1-2H3. The minimum absolute atomic E-state index is 0.125. The van der Waals surface area contributed by atoms with E-state index in [-0.39, 0.29) is 11.1 Å². The summed E-state index contributed by atoms with van der Waals surface area (Å²) in [5, 5.41) is 9.59. The number of hydrogen-bond donors (Lipinski definition) is 0. The van der Waals surface area contributed by atoms with Crippen molar-refractivity contribution in [2.24, 2.45) is 0 Å². The van der Waals surface area contributed by atoms with Gasteiger partial charge in [0.15, 0.2) is 3.95 Å². The summed E-state index contributed by atoms with van der Waals surface area (Å²) in [7, 11) is 1.59. The molecule has 7 heteroatoms. The van der Waals surface area contributed by atoms with Crippen LogP contribution in [0.5, 0.6) is 5.75 Å². The SMILES string of the molecule is COc1ccc(-n2c(=O)c(C#N)c(C)c3sc(=S)n(-c4ccccc4)c32)cc1. The van der Waals surface area contributed by atoms with Crippen molar-refractivity contribution >= 4 is 33.9 Å². The first-order chi connectivity index (χ1) is 13.6. The lowest BCUT2D eigenvalue weighted by Gasteiger charge is -2.14. The van der Waals surface area contributed by atoms with Crippen molar-refractivity contribution in [3.63, 3.8) is 0 Å². The Morgan fingerprint density at radius 3 is 2.29 bits per heavy atom. The maximum atomic E-state index is 13.2. The Hall–Kier alpha value is -3.21. The summed E-state index contributed by atoms with van der Waals surface area (Å²) in [6.07, 6.45) is 0. The fraction of sp³-hybridized carbons (Fsp3) is 0.0952. The molecule has 2 aromatic carbocycles. The number of ether oxygens (including phenoxy) is 1. The fourth-order valence-corrected chi connectivity index (χ4v) is 4.63. The molecule has 0 saturated heterocycles. The second-order valence-electron chi connectivity index (χ2n) is 6.14. The zero-order valence-electron chi connectivity index (χ0n) is 15.2. The van der Waals surface area contributed by atoms with Crippen LogP contribution in [-0.4, -0.2) is 16.2 Å². The summed E-state index contributed by atoms with van der Waals surface area (Å²) >= 11 is 7.03. The van der Waals surface area contributed by atoms with Crippen LogP contribution in [0.1, 0.15) is 11.1 Å². The van der Waals surface area contributed by atoms with Crippen molar-refractivity contribution in [3.05, 3.63) is 80.0 Å². The van der Waals surface area contributed by atoms with Gasteiger partial charge in [-0.3, -0.25) is 13.9 Å². The summed E-state index contributed by atoms with van der Waals surface area (Å²) in [6, 6.07) is 18.9. The molecule has 0 saturated carbocycles. The Labute approximate surface area is 170 Å². The van der Waals surface area contributed by atoms with Gasteiger partial charge in [-0.2, -0.15) is 5.26 Å². The lowest BCUT2D eigenvalue weighted by molar-refractivity contribution is 0.414. The molecule has 0 radical (unpaired) electrons. The molecule has 4 rings (SSSR count). The summed E-state index contributed by atoms with van der Waals surface area (Å²) in [4.78, 5) is 13.2. The maximum Gasteiger partial charge on any atom is 0.275 e. The summed E-state index contributed by atoms with van der Waals surface area (Å²) < 4.78 is 10.1. The number of pyridine rings is 1. The van der Waals surface area contributed by atoms with Crippen molar-refractivity contribution in [3.8, 4) is 23.2 Å². The zero-order chi connectivity index (χ0) is 19.8. The average Bonchev–Trinajstić information content (AvgIpc) is 3.06. The van der Waals surface area contributed by atoms with Gasteiger partial charge in [0.2, 0.25) is 0 Å². The van der Waals surface area contributed by atoms with Crippen molar-refractivity contribution in [1.82, 2.24) is 9.13 Å². The average molecular weight is 406 g/mol. The van der Waals surface area contributed by atoms with Crippen LogP contribution in [0.3, 0.4) is 0 Å². The number of aromatic nitrogens is 2. The smallest absolute Gasteiger partial charge is 0.275 e. The third kappa shape index (κ3) is 2.74. The van der Waals surface area contributed by atoms with E-state index in [2.05, 4.69) is 6.07 Å². The first-order valence-electron chi connectivity index (χ1n) is 8.48. The first-order valence-corrected chi connectivity index (χ1v) is 9.70. The van der Waals surface area contributed by atoms with Gasteiger partial charge in [-0.1, -0.05) is 18.2 Å². The monoisotopic (exact) mass is 405 g/mol. The highest BCUT2D eigenvalue weighted by atomic mass is 32.1. The molecule has 0 amide bonds. The van der Waals surface area contributed by atoms with E-state index >= 15 is 0 Å². The number of para-hydroxylation sites is 1. The van der Waals surface area contributed by atoms with Gasteiger partial charge in [-0.25, -0.2) is 0 Å². The van der Waals surface area contributed by atoms with Crippen LogP contribution in [0, 0.1) is 22.2 Å². The fourth-order valence-electron chi connectivity index (χ4n) is 3.20. The number of nitriles is 1. The zero-order valence-corrected chi connectivity index (χ0v) is 16.8. The van der Waals surface area contributed by atoms with E-state index in [9.17, 15) is 10.1 Å². The molecule has 28 heavy (non-hydrogen) atoms. The van der Waals surface area contributed by atoms with Crippen molar-refractivity contribution < 1.29 is 4.74 Å². The van der Waals surface area contributed by atoms with Crippen LogP contribution in [0.4, 0.5) is 0 Å². The number of aryl methyl sites for hydroxylation is 1. The number of fused-ring (bicyclic) bond motifs is 1. The topological polar surface area (TPSA) is 59.9 Å². The number of hydrogen-bond acceptors (Lipinski definition) is 5.